The van der Waals surface area contributed by atoms with E-state index in [0.29, 0.717) is 5.88 Å². The van der Waals surface area contributed by atoms with Crippen LogP contribution in [0.5, 0.6) is 0 Å². The minimum atomic E-state index is -0.219. The van der Waals surface area contributed by atoms with E-state index >= 15 is 0 Å². The van der Waals surface area contributed by atoms with Gasteiger partial charge in [0.25, 0.3) is 5.91 Å². The van der Waals surface area contributed by atoms with Crippen LogP contribution >= 0.6 is 0 Å². The zero-order valence-corrected chi connectivity index (χ0v) is 10.5. The van der Waals surface area contributed by atoms with Crippen LogP contribution in [0.2, 0.25) is 0 Å². The maximum atomic E-state index is 11.9. The fourth-order valence-electron chi connectivity index (χ4n) is 2.20. The first-order valence-corrected chi connectivity index (χ1v) is 6.33. The average Bonchev–Trinajstić information content (AvgIpc) is 2.78. The van der Waals surface area contributed by atoms with Crippen LogP contribution in [0, 0.1) is 0 Å². The number of carbonyl (C=O) groups is 2. The highest BCUT2D eigenvalue weighted by Crippen LogP contribution is 2.19. The lowest BCUT2D eigenvalue weighted by molar-refractivity contribution is -0.114. The van der Waals surface area contributed by atoms with E-state index in [1.165, 1.54) is 26.2 Å². The SMILES string of the molecule is CC(=O)Nc1ccc(C(=O)NC2CCCCC2)o1. The number of rotatable bonds is 3. The molecule has 2 amide bonds. The second kappa shape index (κ2) is 5.71. The molecule has 18 heavy (non-hydrogen) atoms. The lowest BCUT2D eigenvalue weighted by Gasteiger charge is -2.22. The van der Waals surface area contributed by atoms with Crippen LogP contribution in [0.25, 0.3) is 0 Å². The Labute approximate surface area is 106 Å². The van der Waals surface area contributed by atoms with Crippen LogP contribution in [-0.4, -0.2) is 17.9 Å². The van der Waals surface area contributed by atoms with Crippen molar-refractivity contribution < 1.29 is 14.0 Å². The minimum absolute atomic E-state index is 0.210. The molecule has 0 unspecified atom stereocenters. The summed E-state index contributed by atoms with van der Waals surface area (Å²) in [5.74, 6) is 0.114. The number of carbonyl (C=O) groups excluding carboxylic acids is 2. The van der Waals surface area contributed by atoms with Gasteiger partial charge in [-0.15, -0.1) is 0 Å². The molecule has 1 saturated carbocycles. The normalized spacial score (nSPS) is 16.3. The van der Waals surface area contributed by atoms with Gasteiger partial charge in [0.1, 0.15) is 0 Å². The lowest BCUT2D eigenvalue weighted by Crippen LogP contribution is -2.35. The zero-order valence-electron chi connectivity index (χ0n) is 10.5. The standard InChI is InChI=1S/C13H18N2O3/c1-9(16)14-12-8-7-11(18-12)13(17)15-10-5-3-2-4-6-10/h7-8,10H,2-6H2,1H3,(H,14,16)(H,15,17). The van der Waals surface area contributed by atoms with E-state index in [0.717, 1.165) is 12.8 Å². The molecule has 1 aliphatic carbocycles. The molecule has 0 aliphatic heterocycles. The number of hydrogen-bond acceptors (Lipinski definition) is 3. The molecule has 0 saturated heterocycles. The molecule has 98 valence electrons. The summed E-state index contributed by atoms with van der Waals surface area (Å²) in [6.07, 6.45) is 5.65. The molecular formula is C13H18N2O3. The van der Waals surface area contributed by atoms with Crippen LogP contribution in [0.1, 0.15) is 49.6 Å². The molecule has 0 bridgehead atoms. The van der Waals surface area contributed by atoms with Crippen molar-refractivity contribution in [2.45, 2.75) is 45.1 Å². The monoisotopic (exact) mass is 250 g/mol. The molecule has 5 heteroatoms. The molecule has 1 aromatic rings. The van der Waals surface area contributed by atoms with Crippen molar-refractivity contribution >= 4 is 17.7 Å². The van der Waals surface area contributed by atoms with Crippen molar-refractivity contribution in [1.82, 2.24) is 5.32 Å². The van der Waals surface area contributed by atoms with Crippen LogP contribution in [0.15, 0.2) is 16.5 Å². The first-order valence-electron chi connectivity index (χ1n) is 6.33. The van der Waals surface area contributed by atoms with Gasteiger partial charge in [-0.2, -0.15) is 0 Å². The predicted molar refractivity (Wildman–Crippen MR) is 67.4 cm³/mol. The second-order valence-corrected chi connectivity index (χ2v) is 4.65. The summed E-state index contributed by atoms with van der Waals surface area (Å²) in [7, 11) is 0. The molecule has 2 rings (SSSR count). The Morgan fingerprint density at radius 1 is 1.22 bits per heavy atom. The zero-order chi connectivity index (χ0) is 13.0. The smallest absolute Gasteiger partial charge is 0.287 e. The molecule has 5 nitrogen and oxygen atoms in total. The van der Waals surface area contributed by atoms with Gasteiger partial charge >= 0.3 is 0 Å². The summed E-state index contributed by atoms with van der Waals surface area (Å²) in [6.45, 7) is 1.39. The van der Waals surface area contributed by atoms with Gasteiger partial charge < -0.3 is 9.73 Å². The lowest BCUT2D eigenvalue weighted by atomic mass is 9.95. The van der Waals surface area contributed by atoms with Crippen molar-refractivity contribution in [3.05, 3.63) is 17.9 Å². The fourth-order valence-corrected chi connectivity index (χ4v) is 2.20. The number of amides is 2. The molecule has 2 N–H and O–H groups in total. The van der Waals surface area contributed by atoms with Crippen molar-refractivity contribution in [1.29, 1.82) is 0 Å². The number of nitrogens with one attached hydrogen (secondary N) is 2. The molecule has 1 aromatic heterocycles. The highest BCUT2D eigenvalue weighted by atomic mass is 16.4. The van der Waals surface area contributed by atoms with Gasteiger partial charge in [-0.1, -0.05) is 19.3 Å². The quantitative estimate of drug-likeness (QED) is 0.864. The highest BCUT2D eigenvalue weighted by molar-refractivity contribution is 5.93. The third kappa shape index (κ3) is 3.35. The topological polar surface area (TPSA) is 71.3 Å². The van der Waals surface area contributed by atoms with Gasteiger partial charge in [0.2, 0.25) is 5.91 Å². The summed E-state index contributed by atoms with van der Waals surface area (Å²) in [5, 5.41) is 5.45. The van der Waals surface area contributed by atoms with Crippen LogP contribution in [0.3, 0.4) is 0 Å². The van der Waals surface area contributed by atoms with E-state index in [2.05, 4.69) is 10.6 Å². The van der Waals surface area contributed by atoms with E-state index in [1.807, 2.05) is 0 Å². The maximum absolute atomic E-state index is 11.9. The Bertz CT molecular complexity index is 433. The highest BCUT2D eigenvalue weighted by Gasteiger charge is 2.18. The summed E-state index contributed by atoms with van der Waals surface area (Å²) >= 11 is 0. The van der Waals surface area contributed by atoms with Crippen molar-refractivity contribution in [2.75, 3.05) is 5.32 Å². The number of hydrogen-bond donors (Lipinski definition) is 2. The number of furan rings is 1. The van der Waals surface area contributed by atoms with Crippen LogP contribution in [-0.2, 0) is 4.79 Å². The summed E-state index contributed by atoms with van der Waals surface area (Å²) in [5.41, 5.74) is 0. The van der Waals surface area contributed by atoms with Gasteiger partial charge in [0.05, 0.1) is 0 Å². The molecule has 0 spiro atoms. The summed E-state index contributed by atoms with van der Waals surface area (Å²) in [4.78, 5) is 22.7. The Kier molecular flexibility index (Phi) is 4.02. The Hall–Kier alpha value is -1.78. The van der Waals surface area contributed by atoms with Crippen molar-refractivity contribution in [3.63, 3.8) is 0 Å². The maximum Gasteiger partial charge on any atom is 0.287 e. The Balaban J connectivity index is 1.91. The van der Waals surface area contributed by atoms with Gasteiger partial charge in [-0.05, 0) is 18.9 Å². The van der Waals surface area contributed by atoms with Gasteiger partial charge in [0, 0.05) is 19.0 Å². The number of anilines is 1. The molecule has 1 aliphatic rings. The molecule has 1 fully saturated rings. The van der Waals surface area contributed by atoms with Gasteiger partial charge in [0.15, 0.2) is 11.6 Å². The van der Waals surface area contributed by atoms with Gasteiger partial charge in [-0.3, -0.25) is 14.9 Å². The van der Waals surface area contributed by atoms with Gasteiger partial charge in [-0.25, -0.2) is 0 Å². The average molecular weight is 250 g/mol. The molecule has 1 heterocycles. The van der Waals surface area contributed by atoms with E-state index in [4.69, 9.17) is 4.42 Å². The Morgan fingerprint density at radius 3 is 2.61 bits per heavy atom. The summed E-state index contributed by atoms with van der Waals surface area (Å²) < 4.78 is 5.25. The predicted octanol–water partition coefficient (Wildman–Crippen LogP) is 2.30. The molecule has 0 aromatic carbocycles. The van der Waals surface area contributed by atoms with Crippen LogP contribution in [0.4, 0.5) is 5.88 Å². The van der Waals surface area contributed by atoms with E-state index in [1.54, 1.807) is 12.1 Å². The van der Waals surface area contributed by atoms with Crippen LogP contribution < -0.4 is 10.6 Å². The molecule has 0 radical (unpaired) electrons. The second-order valence-electron chi connectivity index (χ2n) is 4.65. The minimum Gasteiger partial charge on any atom is -0.435 e. The van der Waals surface area contributed by atoms with E-state index in [9.17, 15) is 9.59 Å². The third-order valence-electron chi connectivity index (χ3n) is 3.07. The van der Waals surface area contributed by atoms with Crippen molar-refractivity contribution in [3.8, 4) is 0 Å². The molecular weight excluding hydrogens is 232 g/mol. The van der Waals surface area contributed by atoms with E-state index < -0.39 is 0 Å². The third-order valence-corrected chi connectivity index (χ3v) is 3.07. The fraction of sp³-hybridized carbons (Fsp3) is 0.538. The largest absolute Gasteiger partial charge is 0.435 e. The summed E-state index contributed by atoms with van der Waals surface area (Å²) in [6, 6.07) is 3.40. The Morgan fingerprint density at radius 2 is 1.94 bits per heavy atom. The first-order chi connectivity index (χ1) is 8.65. The van der Waals surface area contributed by atoms with Crippen molar-refractivity contribution in [2.24, 2.45) is 0 Å². The van der Waals surface area contributed by atoms with E-state index in [-0.39, 0.29) is 23.6 Å². The molecule has 0 atom stereocenters. The first kappa shape index (κ1) is 12.7.